The van der Waals surface area contributed by atoms with Crippen LogP contribution in [-0.2, 0) is 4.57 Å². The lowest BCUT2D eigenvalue weighted by Crippen LogP contribution is -2.41. The fourth-order valence-corrected chi connectivity index (χ4v) is 2.22. The molecule has 0 heterocycles. The van der Waals surface area contributed by atoms with E-state index in [1.54, 1.807) is 0 Å². The van der Waals surface area contributed by atoms with Crippen LogP contribution >= 0.6 is 7.82 Å². The maximum Gasteiger partial charge on any atom is 1.00 e. The summed E-state index contributed by atoms with van der Waals surface area (Å²) < 4.78 is 9.78. The average Bonchev–Trinajstić information content (AvgIpc) is 2.32. The molecule has 0 rings (SSSR count). The Hall–Kier alpha value is 0.0700. The Bertz CT molecular complexity index is 268. The summed E-state index contributed by atoms with van der Waals surface area (Å²) in [6.45, 7) is 7.31. The number of hydrogen-bond donors (Lipinski definition) is 0. The molecule has 0 radical (unpaired) electrons. The van der Waals surface area contributed by atoms with Gasteiger partial charge < -0.3 is 23.7 Å². The highest BCUT2D eigenvalue weighted by atomic mass is 31.2. The summed E-state index contributed by atoms with van der Waals surface area (Å²) >= 11 is 0. The zero-order chi connectivity index (χ0) is 16.8. The molecule has 0 aliphatic carbocycles. The number of rotatable bonds is 11. The van der Waals surface area contributed by atoms with Gasteiger partial charge in [0, 0.05) is 0 Å². The van der Waals surface area contributed by atoms with Crippen LogP contribution in [0.25, 0.3) is 0 Å². The molecule has 5 nitrogen and oxygen atoms in total. The number of unbranched alkanes of at least 4 members (excludes halogenated alkanes) is 7. The van der Waals surface area contributed by atoms with Gasteiger partial charge in [0.25, 0.3) is 0 Å². The molecule has 0 N–H and O–H groups in total. The summed E-state index contributed by atoms with van der Waals surface area (Å²) in [4.78, 5) is 25.6. The number of hydrogen-bond acceptors (Lipinski definition) is 4. The minimum atomic E-state index is -5.39. The van der Waals surface area contributed by atoms with Gasteiger partial charge >= 0.3 is 2.85 Å². The Morgan fingerprint density at radius 1 is 0.762 bits per heavy atom. The van der Waals surface area contributed by atoms with Crippen LogP contribution < -0.4 is 14.7 Å². The molecule has 0 saturated heterocycles. The topological polar surface area (TPSA) is 86.2 Å². The van der Waals surface area contributed by atoms with Gasteiger partial charge in [0.05, 0.1) is 27.2 Å². The Labute approximate surface area is 134 Å². The molecule has 0 fully saturated rings. The molecule has 0 bridgehead atoms. The van der Waals surface area contributed by atoms with E-state index in [0.29, 0.717) is 0 Å². The van der Waals surface area contributed by atoms with Crippen LogP contribution in [0.2, 0.25) is 0 Å². The van der Waals surface area contributed by atoms with Crippen molar-refractivity contribution in [1.29, 1.82) is 0 Å². The van der Waals surface area contributed by atoms with Crippen LogP contribution in [0.1, 0.15) is 74.5 Å². The van der Waals surface area contributed by atoms with Crippen molar-refractivity contribution in [3.8, 4) is 0 Å². The van der Waals surface area contributed by atoms with Gasteiger partial charge in [0.2, 0.25) is 0 Å². The number of quaternary nitrogens is 1. The molecular weight excluding hydrogens is 289 g/mol. The Morgan fingerprint density at radius 3 is 1.38 bits per heavy atom. The molecular formula is C15H36NO4P. The largest absolute Gasteiger partial charge is 1.00 e. The molecule has 0 saturated carbocycles. The van der Waals surface area contributed by atoms with Crippen LogP contribution in [-0.4, -0.2) is 31.7 Å². The van der Waals surface area contributed by atoms with E-state index in [9.17, 15) is 0 Å². The maximum atomic E-state index is 8.55. The van der Waals surface area contributed by atoms with Gasteiger partial charge in [0.15, 0.2) is 0 Å². The van der Waals surface area contributed by atoms with Gasteiger partial charge in [-0.2, -0.15) is 7.82 Å². The molecule has 0 amide bonds. The van der Waals surface area contributed by atoms with Gasteiger partial charge in [-0.15, -0.1) is 0 Å². The van der Waals surface area contributed by atoms with Crippen molar-refractivity contribution in [2.24, 2.45) is 0 Å². The summed E-state index contributed by atoms with van der Waals surface area (Å²) in [5.74, 6) is 0. The van der Waals surface area contributed by atoms with E-state index in [0.717, 1.165) is 0 Å². The first-order valence-corrected chi connectivity index (χ1v) is 9.63. The predicted octanol–water partition coefficient (Wildman–Crippen LogP) is 2.01. The van der Waals surface area contributed by atoms with Crippen LogP contribution in [0.4, 0.5) is 0 Å². The van der Waals surface area contributed by atoms with Crippen molar-refractivity contribution < 1.29 is 26.6 Å². The van der Waals surface area contributed by atoms with Crippen LogP contribution in [0.15, 0.2) is 0 Å². The van der Waals surface area contributed by atoms with Crippen LogP contribution in [0.3, 0.4) is 0 Å². The molecule has 0 aliphatic heterocycles. The number of phosphoric acid groups is 1. The standard InChI is InChI=1S/C15H34N.H3O4P/c1-5-7-9-11-13-15-16(3,4)14-12-10-8-6-2;1-5(2,3)4/h5-15H2,1-4H3;(H3,1,2,3,4)/q+1;/p-1. The zero-order valence-electron chi connectivity index (χ0n) is 16.3. The van der Waals surface area contributed by atoms with E-state index < -0.39 is 7.82 Å². The van der Waals surface area contributed by atoms with E-state index >= 15 is 0 Å². The Balaban J connectivity index is -0.000000225. The third kappa shape index (κ3) is 28.9. The lowest BCUT2D eigenvalue weighted by Gasteiger charge is -2.36. The summed E-state index contributed by atoms with van der Waals surface area (Å²) in [7, 11) is -0.600. The van der Waals surface area contributed by atoms with Gasteiger partial charge in [0.1, 0.15) is 0 Å². The molecule has 21 heavy (non-hydrogen) atoms. The fourth-order valence-electron chi connectivity index (χ4n) is 2.22. The first kappa shape index (κ1) is 23.3. The van der Waals surface area contributed by atoms with Crippen molar-refractivity contribution in [1.82, 2.24) is 0 Å². The highest BCUT2D eigenvalue weighted by molar-refractivity contribution is 7.40. The smallest absolute Gasteiger partial charge is 0.822 e. The minimum Gasteiger partial charge on any atom is -0.822 e. The van der Waals surface area contributed by atoms with E-state index in [1.807, 2.05) is 0 Å². The third-order valence-corrected chi connectivity index (χ3v) is 3.48. The predicted molar refractivity (Wildman–Crippen MR) is 84.6 cm³/mol. The Kier molecular flexibility index (Phi) is 15.2. The highest BCUT2D eigenvalue weighted by Crippen LogP contribution is 2.09. The van der Waals surface area contributed by atoms with Crippen molar-refractivity contribution in [3.05, 3.63) is 0 Å². The number of nitrogens with zero attached hydrogens (tertiary/aromatic N) is 1. The quantitative estimate of drug-likeness (QED) is 0.330. The van der Waals surface area contributed by atoms with Crippen molar-refractivity contribution in [2.45, 2.75) is 71.6 Å². The summed E-state index contributed by atoms with van der Waals surface area (Å²) in [6, 6.07) is 0. The SMILES string of the molecule is CCCCCCC[N+](C)(C)CCCCCC.O=P([O-])([O-])[O-].[H+].[H+]. The van der Waals surface area contributed by atoms with Crippen molar-refractivity contribution >= 4 is 7.82 Å². The molecule has 0 aliphatic rings. The van der Waals surface area contributed by atoms with Crippen molar-refractivity contribution in [2.75, 3.05) is 27.2 Å². The molecule has 0 atom stereocenters. The third-order valence-electron chi connectivity index (χ3n) is 3.48. The monoisotopic (exact) mass is 325 g/mol. The van der Waals surface area contributed by atoms with Crippen molar-refractivity contribution in [3.63, 3.8) is 0 Å². The van der Waals surface area contributed by atoms with Crippen LogP contribution in [0, 0.1) is 0 Å². The molecule has 130 valence electrons. The van der Waals surface area contributed by atoms with Gasteiger partial charge in [-0.25, -0.2) is 0 Å². The van der Waals surface area contributed by atoms with Gasteiger partial charge in [-0.05, 0) is 25.7 Å². The Morgan fingerprint density at radius 2 is 1.05 bits per heavy atom. The van der Waals surface area contributed by atoms with Gasteiger partial charge in [-0.3, -0.25) is 0 Å². The summed E-state index contributed by atoms with van der Waals surface area (Å²) in [6.07, 6.45) is 12.7. The molecule has 6 heteroatoms. The summed E-state index contributed by atoms with van der Waals surface area (Å²) in [5, 5.41) is 0. The normalized spacial score (nSPS) is 12.0. The second-order valence-electron chi connectivity index (χ2n) is 6.31. The lowest BCUT2D eigenvalue weighted by atomic mass is 10.1. The molecule has 0 unspecified atom stereocenters. The van der Waals surface area contributed by atoms with Crippen LogP contribution in [0.5, 0.6) is 0 Å². The first-order chi connectivity index (χ1) is 9.62. The van der Waals surface area contributed by atoms with E-state index in [1.165, 1.54) is 75.4 Å². The minimum absolute atomic E-state index is 0. The highest BCUT2D eigenvalue weighted by Gasteiger charge is 2.13. The zero-order valence-corrected chi connectivity index (χ0v) is 15.2. The molecule has 0 aromatic heterocycles. The van der Waals surface area contributed by atoms with E-state index in [2.05, 4.69) is 27.9 Å². The maximum absolute atomic E-state index is 8.55. The summed E-state index contributed by atoms with van der Waals surface area (Å²) in [5.41, 5.74) is 0. The van der Waals surface area contributed by atoms with E-state index in [-0.39, 0.29) is 2.85 Å². The average molecular weight is 325 g/mol. The molecule has 0 spiro atoms. The molecule has 0 aromatic carbocycles. The fraction of sp³-hybridized carbons (Fsp3) is 1.00. The second-order valence-corrected chi connectivity index (χ2v) is 7.20. The molecule has 0 aromatic rings. The second kappa shape index (κ2) is 13.7. The van der Waals surface area contributed by atoms with E-state index in [4.69, 9.17) is 19.2 Å². The van der Waals surface area contributed by atoms with Gasteiger partial charge in [-0.1, -0.05) is 46.0 Å². The first-order valence-electron chi connectivity index (χ1n) is 8.17. The lowest BCUT2D eigenvalue weighted by molar-refractivity contribution is -0.890.